The lowest BCUT2D eigenvalue weighted by Gasteiger charge is -2.30. The number of hydrogen-bond donors (Lipinski definition) is 1. The van der Waals surface area contributed by atoms with Gasteiger partial charge in [0.1, 0.15) is 5.75 Å². The summed E-state index contributed by atoms with van der Waals surface area (Å²) in [5.41, 5.74) is 1.28. The molecule has 20 heavy (non-hydrogen) atoms. The first-order chi connectivity index (χ1) is 9.78. The van der Waals surface area contributed by atoms with Crippen LogP contribution < -0.4 is 10.1 Å². The lowest BCUT2D eigenvalue weighted by Crippen LogP contribution is -2.44. The van der Waals surface area contributed by atoms with E-state index in [9.17, 15) is 0 Å². The van der Waals surface area contributed by atoms with Crippen LogP contribution in [-0.2, 0) is 11.3 Å². The molecule has 1 aliphatic heterocycles. The second-order valence-corrected chi connectivity index (χ2v) is 5.38. The van der Waals surface area contributed by atoms with Crippen molar-refractivity contribution in [3.05, 3.63) is 29.8 Å². The Balaban J connectivity index is 1.68. The van der Waals surface area contributed by atoms with Gasteiger partial charge in [0.05, 0.1) is 19.3 Å². The molecule has 1 fully saturated rings. The summed E-state index contributed by atoms with van der Waals surface area (Å²) in [5.74, 6) is 0.952. The molecule has 112 valence electrons. The number of hydrogen-bond acceptors (Lipinski definition) is 4. The van der Waals surface area contributed by atoms with Gasteiger partial charge in [-0.05, 0) is 31.2 Å². The Labute approximate surface area is 122 Å². The van der Waals surface area contributed by atoms with E-state index in [1.807, 2.05) is 12.1 Å². The van der Waals surface area contributed by atoms with Gasteiger partial charge in [0.2, 0.25) is 0 Å². The molecule has 1 heterocycles. The van der Waals surface area contributed by atoms with Gasteiger partial charge in [-0.15, -0.1) is 0 Å². The van der Waals surface area contributed by atoms with Crippen LogP contribution in [0.25, 0.3) is 0 Å². The molecular formula is C16H26N2O2. The van der Waals surface area contributed by atoms with E-state index in [4.69, 9.17) is 9.47 Å². The van der Waals surface area contributed by atoms with Crippen LogP contribution in [-0.4, -0.2) is 50.9 Å². The highest BCUT2D eigenvalue weighted by Gasteiger charge is 2.16. The molecule has 0 saturated carbocycles. The first-order valence-corrected chi connectivity index (χ1v) is 7.50. The molecule has 0 bridgehead atoms. The molecule has 1 atom stereocenters. The predicted octanol–water partition coefficient (Wildman–Crippen LogP) is 1.90. The average molecular weight is 278 g/mol. The summed E-state index contributed by atoms with van der Waals surface area (Å²) in [4.78, 5) is 2.32. The summed E-state index contributed by atoms with van der Waals surface area (Å²) in [6, 6.07) is 8.31. The number of morpholine rings is 1. The van der Waals surface area contributed by atoms with Crippen LogP contribution in [0.5, 0.6) is 5.75 Å². The van der Waals surface area contributed by atoms with Crippen molar-refractivity contribution in [3.63, 3.8) is 0 Å². The molecule has 2 rings (SSSR count). The summed E-state index contributed by atoms with van der Waals surface area (Å²) in [6.45, 7) is 7.56. The first kappa shape index (κ1) is 15.3. The van der Waals surface area contributed by atoms with Crippen molar-refractivity contribution < 1.29 is 9.47 Å². The highest BCUT2D eigenvalue weighted by Crippen LogP contribution is 2.12. The van der Waals surface area contributed by atoms with Gasteiger partial charge in [-0.25, -0.2) is 0 Å². The highest BCUT2D eigenvalue weighted by molar-refractivity contribution is 5.27. The molecular weight excluding hydrogens is 252 g/mol. The van der Waals surface area contributed by atoms with E-state index in [1.54, 1.807) is 0 Å². The van der Waals surface area contributed by atoms with Crippen molar-refractivity contribution in [3.8, 4) is 5.75 Å². The lowest BCUT2D eigenvalue weighted by molar-refractivity contribution is -0.0182. The zero-order valence-corrected chi connectivity index (χ0v) is 12.6. The second kappa shape index (κ2) is 8.25. The van der Waals surface area contributed by atoms with Gasteiger partial charge in [0, 0.05) is 26.2 Å². The Hall–Kier alpha value is -1.10. The van der Waals surface area contributed by atoms with Gasteiger partial charge in [-0.1, -0.05) is 19.1 Å². The third-order valence-electron chi connectivity index (χ3n) is 3.44. The fraction of sp³-hybridized carbons (Fsp3) is 0.625. The van der Waals surface area contributed by atoms with Crippen LogP contribution in [0.1, 0.15) is 18.9 Å². The van der Waals surface area contributed by atoms with Gasteiger partial charge >= 0.3 is 0 Å². The van der Waals surface area contributed by atoms with Gasteiger partial charge < -0.3 is 19.7 Å². The number of benzene rings is 1. The predicted molar refractivity (Wildman–Crippen MR) is 81.2 cm³/mol. The fourth-order valence-electron chi connectivity index (χ4n) is 2.29. The molecule has 0 unspecified atom stereocenters. The van der Waals surface area contributed by atoms with Crippen LogP contribution >= 0.6 is 0 Å². The molecule has 0 aliphatic carbocycles. The van der Waals surface area contributed by atoms with Crippen molar-refractivity contribution >= 4 is 0 Å². The van der Waals surface area contributed by atoms with Crippen molar-refractivity contribution in [2.75, 3.05) is 39.9 Å². The van der Waals surface area contributed by atoms with Gasteiger partial charge in [-0.3, -0.25) is 0 Å². The van der Waals surface area contributed by atoms with Crippen LogP contribution in [0, 0.1) is 0 Å². The number of rotatable bonds is 7. The molecule has 0 radical (unpaired) electrons. The van der Waals surface area contributed by atoms with Gasteiger partial charge in [-0.2, -0.15) is 0 Å². The molecule has 1 N–H and O–H groups in total. The number of nitrogens with zero attached hydrogens (tertiary/aromatic N) is 1. The Morgan fingerprint density at radius 3 is 2.85 bits per heavy atom. The van der Waals surface area contributed by atoms with E-state index in [-0.39, 0.29) is 0 Å². The first-order valence-electron chi connectivity index (χ1n) is 7.50. The van der Waals surface area contributed by atoms with E-state index in [0.717, 1.165) is 51.6 Å². The monoisotopic (exact) mass is 278 g/mol. The summed E-state index contributed by atoms with van der Waals surface area (Å²) < 4.78 is 11.3. The fourth-order valence-corrected chi connectivity index (χ4v) is 2.29. The molecule has 1 aliphatic rings. The largest absolute Gasteiger partial charge is 0.494 e. The quantitative estimate of drug-likeness (QED) is 0.826. The minimum Gasteiger partial charge on any atom is -0.494 e. The Morgan fingerprint density at radius 2 is 2.15 bits per heavy atom. The normalized spacial score (nSPS) is 20.0. The van der Waals surface area contributed by atoms with Crippen molar-refractivity contribution in [1.29, 1.82) is 0 Å². The third kappa shape index (κ3) is 5.12. The van der Waals surface area contributed by atoms with Crippen LogP contribution in [0.3, 0.4) is 0 Å². The Bertz CT molecular complexity index is 381. The molecule has 1 aromatic carbocycles. The Kier molecular flexibility index (Phi) is 6.30. The summed E-state index contributed by atoms with van der Waals surface area (Å²) in [7, 11) is 2.14. The van der Waals surface area contributed by atoms with E-state index in [2.05, 4.69) is 36.3 Å². The standard InChI is InChI=1S/C16H26N2O2/c1-3-9-19-15-6-4-14(5-7-15)11-17-12-16-13-18(2)8-10-20-16/h4-7,16-17H,3,8-13H2,1-2H3/t16-/m0/s1. The summed E-state index contributed by atoms with van der Waals surface area (Å²) >= 11 is 0. The van der Waals surface area contributed by atoms with E-state index in [1.165, 1.54) is 5.56 Å². The summed E-state index contributed by atoms with van der Waals surface area (Å²) in [6.07, 6.45) is 1.35. The molecule has 0 aromatic heterocycles. The number of nitrogens with one attached hydrogen (secondary N) is 1. The Morgan fingerprint density at radius 1 is 1.35 bits per heavy atom. The van der Waals surface area contributed by atoms with E-state index < -0.39 is 0 Å². The van der Waals surface area contributed by atoms with Crippen molar-refractivity contribution in [2.24, 2.45) is 0 Å². The highest BCUT2D eigenvalue weighted by atomic mass is 16.5. The molecule has 4 nitrogen and oxygen atoms in total. The molecule has 1 aromatic rings. The maximum atomic E-state index is 5.73. The van der Waals surface area contributed by atoms with Gasteiger partial charge in [0.25, 0.3) is 0 Å². The average Bonchev–Trinajstić information content (AvgIpc) is 2.46. The number of likely N-dealkylation sites (N-methyl/N-ethyl adjacent to an activating group) is 1. The third-order valence-corrected chi connectivity index (χ3v) is 3.44. The molecule has 4 heteroatoms. The minimum atomic E-state index is 0.306. The molecule has 0 spiro atoms. The lowest BCUT2D eigenvalue weighted by atomic mass is 10.2. The van der Waals surface area contributed by atoms with Crippen molar-refractivity contribution in [1.82, 2.24) is 10.2 Å². The second-order valence-electron chi connectivity index (χ2n) is 5.38. The van der Waals surface area contributed by atoms with E-state index in [0.29, 0.717) is 6.10 Å². The number of ether oxygens (including phenoxy) is 2. The van der Waals surface area contributed by atoms with Crippen molar-refractivity contribution in [2.45, 2.75) is 26.0 Å². The summed E-state index contributed by atoms with van der Waals surface area (Å²) in [5, 5.41) is 3.46. The molecule has 0 amide bonds. The van der Waals surface area contributed by atoms with Gasteiger partial charge in [0.15, 0.2) is 0 Å². The minimum absolute atomic E-state index is 0.306. The SMILES string of the molecule is CCCOc1ccc(CNC[C@H]2CN(C)CCO2)cc1. The molecule has 1 saturated heterocycles. The zero-order valence-electron chi connectivity index (χ0n) is 12.6. The van der Waals surface area contributed by atoms with E-state index >= 15 is 0 Å². The zero-order chi connectivity index (χ0) is 14.2. The van der Waals surface area contributed by atoms with Crippen LogP contribution in [0.4, 0.5) is 0 Å². The maximum Gasteiger partial charge on any atom is 0.119 e. The maximum absolute atomic E-state index is 5.73. The topological polar surface area (TPSA) is 33.7 Å². The van der Waals surface area contributed by atoms with Crippen LogP contribution in [0.2, 0.25) is 0 Å². The van der Waals surface area contributed by atoms with Crippen LogP contribution in [0.15, 0.2) is 24.3 Å². The smallest absolute Gasteiger partial charge is 0.119 e.